The summed E-state index contributed by atoms with van der Waals surface area (Å²) in [7, 11) is 0. The van der Waals surface area contributed by atoms with Crippen molar-refractivity contribution in [1.29, 1.82) is 5.26 Å². The largest absolute Gasteiger partial charge is 0.393 e. The fourth-order valence-corrected chi connectivity index (χ4v) is 2.80. The highest BCUT2D eigenvalue weighted by Crippen LogP contribution is 2.16. The minimum Gasteiger partial charge on any atom is -0.393 e. The second-order valence-corrected chi connectivity index (χ2v) is 7.01. The van der Waals surface area contributed by atoms with E-state index in [4.69, 9.17) is 0 Å². The molecule has 25 heavy (non-hydrogen) atoms. The maximum atomic E-state index is 12.5. The molecule has 0 bridgehead atoms. The van der Waals surface area contributed by atoms with Gasteiger partial charge in [-0.3, -0.25) is 14.4 Å². The Morgan fingerprint density at radius 3 is 2.52 bits per heavy atom. The maximum absolute atomic E-state index is 12.5. The van der Waals surface area contributed by atoms with Crippen LogP contribution in [0.4, 0.5) is 0 Å². The van der Waals surface area contributed by atoms with Crippen molar-refractivity contribution in [3.05, 3.63) is 0 Å². The van der Waals surface area contributed by atoms with Gasteiger partial charge in [0.25, 0.3) is 0 Å². The maximum Gasteiger partial charge on any atom is 0.243 e. The van der Waals surface area contributed by atoms with Crippen LogP contribution in [0.2, 0.25) is 0 Å². The minimum atomic E-state index is -0.796. The first-order chi connectivity index (χ1) is 11.7. The topological polar surface area (TPSA) is 131 Å². The number of carbonyl (C=O) groups excluding carboxylic acids is 3. The molecule has 140 valence electrons. The Morgan fingerprint density at radius 2 is 2.04 bits per heavy atom. The van der Waals surface area contributed by atoms with Crippen molar-refractivity contribution in [2.45, 2.75) is 64.6 Å². The number of aliphatic hydroxyl groups is 1. The number of aliphatic hydroxyl groups excluding tert-OH is 1. The molecule has 0 spiro atoms. The molecule has 3 amide bonds. The van der Waals surface area contributed by atoms with E-state index in [1.165, 1.54) is 6.92 Å². The quantitative estimate of drug-likeness (QED) is 0.457. The summed E-state index contributed by atoms with van der Waals surface area (Å²) < 4.78 is 0. The Kier molecular flexibility index (Phi) is 8.35. The van der Waals surface area contributed by atoms with E-state index in [1.807, 2.05) is 19.9 Å². The van der Waals surface area contributed by atoms with Crippen molar-refractivity contribution < 1.29 is 19.5 Å². The first kappa shape index (κ1) is 20.9. The molecule has 0 radical (unpaired) electrons. The average Bonchev–Trinajstić information content (AvgIpc) is 2.89. The first-order valence-electron chi connectivity index (χ1n) is 8.68. The zero-order valence-electron chi connectivity index (χ0n) is 15.0. The summed E-state index contributed by atoms with van der Waals surface area (Å²) in [5, 5.41) is 26.5. The monoisotopic (exact) mass is 352 g/mol. The predicted octanol–water partition coefficient (Wildman–Crippen LogP) is -0.177. The molecule has 8 heteroatoms. The van der Waals surface area contributed by atoms with Crippen molar-refractivity contribution in [2.75, 3.05) is 6.54 Å². The zero-order valence-corrected chi connectivity index (χ0v) is 15.0. The van der Waals surface area contributed by atoms with Gasteiger partial charge in [-0.25, -0.2) is 0 Å². The van der Waals surface area contributed by atoms with E-state index in [0.717, 1.165) is 0 Å². The van der Waals surface area contributed by atoms with Crippen LogP contribution in [0.15, 0.2) is 0 Å². The van der Waals surface area contributed by atoms with Crippen molar-refractivity contribution in [3.63, 3.8) is 0 Å². The highest BCUT2D eigenvalue weighted by atomic mass is 16.3. The van der Waals surface area contributed by atoms with Gasteiger partial charge in [-0.05, 0) is 32.1 Å². The van der Waals surface area contributed by atoms with Crippen molar-refractivity contribution in [2.24, 2.45) is 11.8 Å². The Bertz CT molecular complexity index is 527. The van der Waals surface area contributed by atoms with Gasteiger partial charge in [0.15, 0.2) is 0 Å². The molecular weight excluding hydrogens is 324 g/mol. The lowest BCUT2D eigenvalue weighted by atomic mass is 9.98. The summed E-state index contributed by atoms with van der Waals surface area (Å²) in [6.45, 7) is 5.92. The molecular formula is C17H28N4O4. The van der Waals surface area contributed by atoms with Gasteiger partial charge in [0.05, 0.1) is 18.6 Å². The highest BCUT2D eigenvalue weighted by Gasteiger charge is 2.30. The molecule has 1 aliphatic rings. The summed E-state index contributed by atoms with van der Waals surface area (Å²) in [6.07, 6.45) is 0.429. The van der Waals surface area contributed by atoms with Crippen LogP contribution in [0.5, 0.6) is 0 Å². The number of nitrogens with one attached hydrogen (secondary N) is 3. The Balaban J connectivity index is 2.66. The summed E-state index contributed by atoms with van der Waals surface area (Å²) in [5.74, 6) is -1.09. The van der Waals surface area contributed by atoms with Gasteiger partial charge in [0.2, 0.25) is 17.7 Å². The normalized spacial score (nSPS) is 20.3. The van der Waals surface area contributed by atoms with Gasteiger partial charge in [-0.2, -0.15) is 5.26 Å². The Morgan fingerprint density at radius 1 is 1.36 bits per heavy atom. The van der Waals surface area contributed by atoms with Crippen molar-refractivity contribution >= 4 is 17.7 Å². The van der Waals surface area contributed by atoms with E-state index in [9.17, 15) is 24.8 Å². The van der Waals surface area contributed by atoms with Crippen molar-refractivity contribution in [3.8, 4) is 6.07 Å². The van der Waals surface area contributed by atoms with Gasteiger partial charge in [0, 0.05) is 12.5 Å². The van der Waals surface area contributed by atoms with Crippen LogP contribution >= 0.6 is 0 Å². The lowest BCUT2D eigenvalue weighted by Crippen LogP contribution is -2.50. The van der Waals surface area contributed by atoms with Gasteiger partial charge < -0.3 is 21.1 Å². The Labute approximate surface area is 148 Å². The van der Waals surface area contributed by atoms with Crippen LogP contribution in [0.25, 0.3) is 0 Å². The molecule has 4 atom stereocenters. The van der Waals surface area contributed by atoms with Gasteiger partial charge in [0.1, 0.15) is 12.1 Å². The highest BCUT2D eigenvalue weighted by molar-refractivity contribution is 5.88. The fourth-order valence-electron chi connectivity index (χ4n) is 2.80. The molecule has 1 unspecified atom stereocenters. The molecule has 8 nitrogen and oxygen atoms in total. The molecule has 0 saturated carbocycles. The second kappa shape index (κ2) is 9.99. The number of hydrogen-bond acceptors (Lipinski definition) is 5. The molecule has 1 heterocycles. The summed E-state index contributed by atoms with van der Waals surface area (Å²) in [5.41, 5.74) is 0. The zero-order chi connectivity index (χ0) is 19.0. The van der Waals surface area contributed by atoms with Crippen LogP contribution < -0.4 is 16.0 Å². The fraction of sp³-hybridized carbons (Fsp3) is 0.765. The van der Waals surface area contributed by atoms with Gasteiger partial charge in [-0.15, -0.1) is 0 Å². The summed E-state index contributed by atoms with van der Waals surface area (Å²) >= 11 is 0. The van der Waals surface area contributed by atoms with Gasteiger partial charge >= 0.3 is 0 Å². The smallest absolute Gasteiger partial charge is 0.243 e. The average molecular weight is 352 g/mol. The van der Waals surface area contributed by atoms with Crippen LogP contribution in [-0.4, -0.2) is 47.6 Å². The number of rotatable bonds is 9. The standard InChI is InChI=1S/C17H28N4O4/c1-10(2)6-14(21-15(23)7-11(3)22)17(25)20-13(9-18)8-12-4-5-19-16(12)24/h10-14,22H,4-8H2,1-3H3,(H,19,24)(H,20,25)(H,21,23)/t11?,12-,13-,14-/m0/s1. The molecule has 0 aromatic carbocycles. The van der Waals surface area contributed by atoms with Crippen LogP contribution in [-0.2, 0) is 14.4 Å². The van der Waals surface area contributed by atoms with E-state index >= 15 is 0 Å². The summed E-state index contributed by atoms with van der Waals surface area (Å²) in [6, 6.07) is 0.444. The number of hydrogen-bond donors (Lipinski definition) is 4. The molecule has 1 fully saturated rings. The lowest BCUT2D eigenvalue weighted by Gasteiger charge is -2.23. The van der Waals surface area contributed by atoms with Crippen LogP contribution in [0.1, 0.15) is 46.5 Å². The molecule has 1 saturated heterocycles. The SMILES string of the molecule is CC(C)C[C@H](NC(=O)CC(C)O)C(=O)N[C@H](C#N)C[C@@H]1CCNC1=O. The predicted molar refractivity (Wildman–Crippen MR) is 91.0 cm³/mol. The molecule has 0 aromatic heterocycles. The van der Waals surface area contributed by atoms with E-state index in [0.29, 0.717) is 19.4 Å². The third-order valence-electron chi connectivity index (χ3n) is 3.99. The summed E-state index contributed by atoms with van der Waals surface area (Å²) in [4.78, 5) is 36.0. The lowest BCUT2D eigenvalue weighted by molar-refractivity contribution is -0.130. The molecule has 0 aromatic rings. The second-order valence-electron chi connectivity index (χ2n) is 7.01. The number of amides is 3. The van der Waals surface area contributed by atoms with Crippen LogP contribution in [0, 0.1) is 23.2 Å². The number of nitriles is 1. The third-order valence-corrected chi connectivity index (χ3v) is 3.99. The van der Waals surface area contributed by atoms with Crippen molar-refractivity contribution in [1.82, 2.24) is 16.0 Å². The number of carbonyl (C=O) groups is 3. The van der Waals surface area contributed by atoms with E-state index in [1.54, 1.807) is 0 Å². The molecule has 1 rings (SSSR count). The van der Waals surface area contributed by atoms with E-state index in [2.05, 4.69) is 16.0 Å². The van der Waals surface area contributed by atoms with E-state index < -0.39 is 30.0 Å². The minimum absolute atomic E-state index is 0.0915. The molecule has 0 aliphatic carbocycles. The van der Waals surface area contributed by atoms with Gasteiger partial charge in [-0.1, -0.05) is 13.8 Å². The Hall–Kier alpha value is -2.14. The number of nitrogens with zero attached hydrogens (tertiary/aromatic N) is 1. The molecule has 1 aliphatic heterocycles. The first-order valence-corrected chi connectivity index (χ1v) is 8.68. The third kappa shape index (κ3) is 7.52. The van der Waals surface area contributed by atoms with Crippen LogP contribution in [0.3, 0.4) is 0 Å². The molecule has 4 N–H and O–H groups in total. The van der Waals surface area contributed by atoms with E-state index in [-0.39, 0.29) is 30.6 Å².